The molecule has 0 atom stereocenters. The van der Waals surface area contributed by atoms with E-state index in [9.17, 15) is 8.78 Å². The third-order valence-corrected chi connectivity index (χ3v) is 2.91. The number of hydrogen-bond acceptors (Lipinski definition) is 2. The van der Waals surface area contributed by atoms with Crippen LogP contribution in [0.25, 0.3) is 11.1 Å². The van der Waals surface area contributed by atoms with E-state index in [2.05, 4.69) is 5.32 Å². The molecule has 0 radical (unpaired) electrons. The van der Waals surface area contributed by atoms with Gasteiger partial charge in [-0.3, -0.25) is 0 Å². The fourth-order valence-electron chi connectivity index (χ4n) is 1.91. The Kier molecular flexibility index (Phi) is 4.12. The van der Waals surface area contributed by atoms with Crippen molar-refractivity contribution in [2.75, 3.05) is 14.2 Å². The summed E-state index contributed by atoms with van der Waals surface area (Å²) >= 11 is 0. The zero-order valence-corrected chi connectivity index (χ0v) is 10.8. The minimum atomic E-state index is -0.430. The van der Waals surface area contributed by atoms with Gasteiger partial charge in [-0.1, -0.05) is 12.1 Å². The second kappa shape index (κ2) is 5.80. The number of methoxy groups -OCH3 is 1. The van der Waals surface area contributed by atoms with Crippen LogP contribution in [0.3, 0.4) is 0 Å². The number of benzene rings is 2. The molecule has 0 bridgehead atoms. The second-order valence-electron chi connectivity index (χ2n) is 4.18. The summed E-state index contributed by atoms with van der Waals surface area (Å²) < 4.78 is 32.6. The lowest BCUT2D eigenvalue weighted by Gasteiger charge is -2.08. The van der Waals surface area contributed by atoms with Crippen molar-refractivity contribution in [1.82, 2.24) is 5.32 Å². The molecule has 4 heteroatoms. The van der Waals surface area contributed by atoms with Gasteiger partial charge in [0.15, 0.2) is 0 Å². The highest BCUT2D eigenvalue weighted by atomic mass is 19.1. The van der Waals surface area contributed by atoms with E-state index in [1.165, 1.54) is 19.2 Å². The van der Waals surface area contributed by atoms with Gasteiger partial charge in [0.1, 0.15) is 17.4 Å². The molecule has 0 fully saturated rings. The summed E-state index contributed by atoms with van der Waals surface area (Å²) in [5.41, 5.74) is 1.42. The fourth-order valence-corrected chi connectivity index (χ4v) is 1.91. The van der Waals surface area contributed by atoms with Crippen LogP contribution in [0.5, 0.6) is 5.75 Å². The van der Waals surface area contributed by atoms with Crippen molar-refractivity contribution in [3.63, 3.8) is 0 Å². The summed E-state index contributed by atoms with van der Waals surface area (Å²) in [6, 6.07) is 9.23. The third-order valence-electron chi connectivity index (χ3n) is 2.91. The standard InChI is InChI=1S/C15H15F2NO/c1-18-9-11-4-3-10(7-14(11)16)13-6-5-12(19-2)8-15(13)17/h3-8,18H,9H2,1-2H3. The quantitative estimate of drug-likeness (QED) is 0.913. The first kappa shape index (κ1) is 13.5. The van der Waals surface area contributed by atoms with Gasteiger partial charge in [0.2, 0.25) is 0 Å². The summed E-state index contributed by atoms with van der Waals surface area (Å²) in [5, 5.41) is 2.88. The van der Waals surface area contributed by atoms with Crippen LogP contribution < -0.4 is 10.1 Å². The van der Waals surface area contributed by atoms with E-state index >= 15 is 0 Å². The highest BCUT2D eigenvalue weighted by molar-refractivity contribution is 5.65. The Morgan fingerprint density at radius 2 is 1.84 bits per heavy atom. The normalized spacial score (nSPS) is 10.5. The Morgan fingerprint density at radius 3 is 2.42 bits per heavy atom. The molecule has 1 N–H and O–H groups in total. The molecule has 0 aliphatic carbocycles. The zero-order chi connectivity index (χ0) is 13.8. The molecule has 0 aliphatic rings. The predicted octanol–water partition coefficient (Wildman–Crippen LogP) is 3.36. The smallest absolute Gasteiger partial charge is 0.134 e. The van der Waals surface area contributed by atoms with E-state index in [0.29, 0.717) is 29.0 Å². The number of nitrogens with one attached hydrogen (secondary N) is 1. The molecule has 0 aliphatic heterocycles. The summed E-state index contributed by atoms with van der Waals surface area (Å²) in [6.07, 6.45) is 0. The molecule has 0 saturated carbocycles. The Morgan fingerprint density at radius 1 is 1.05 bits per heavy atom. The Balaban J connectivity index is 2.39. The Bertz CT molecular complexity index is 584. The van der Waals surface area contributed by atoms with Gasteiger partial charge in [0.25, 0.3) is 0 Å². The minimum absolute atomic E-state index is 0.345. The van der Waals surface area contributed by atoms with Crippen molar-refractivity contribution in [2.45, 2.75) is 6.54 Å². The molecule has 0 aromatic heterocycles. The maximum atomic E-state index is 13.9. The predicted molar refractivity (Wildman–Crippen MR) is 71.1 cm³/mol. The Labute approximate surface area is 111 Å². The van der Waals surface area contributed by atoms with E-state index in [1.807, 2.05) is 0 Å². The van der Waals surface area contributed by atoms with Crippen molar-refractivity contribution in [1.29, 1.82) is 0 Å². The summed E-state index contributed by atoms with van der Waals surface area (Å²) in [5.74, 6) is -0.337. The average molecular weight is 263 g/mol. The van der Waals surface area contributed by atoms with E-state index in [0.717, 1.165) is 0 Å². The van der Waals surface area contributed by atoms with Crippen LogP contribution in [0.2, 0.25) is 0 Å². The molecule has 100 valence electrons. The summed E-state index contributed by atoms with van der Waals surface area (Å²) in [4.78, 5) is 0. The molecular formula is C15H15F2NO. The summed E-state index contributed by atoms with van der Waals surface area (Å²) in [6.45, 7) is 0.442. The molecule has 2 aromatic carbocycles. The number of rotatable bonds is 4. The van der Waals surface area contributed by atoms with E-state index in [1.54, 1.807) is 31.3 Å². The lowest BCUT2D eigenvalue weighted by atomic mass is 10.0. The SMILES string of the molecule is CNCc1ccc(-c2ccc(OC)cc2F)cc1F. The monoisotopic (exact) mass is 263 g/mol. The number of hydrogen-bond donors (Lipinski definition) is 1. The molecule has 2 aromatic rings. The van der Waals surface area contributed by atoms with Gasteiger partial charge >= 0.3 is 0 Å². The molecule has 2 nitrogen and oxygen atoms in total. The minimum Gasteiger partial charge on any atom is -0.497 e. The van der Waals surface area contributed by atoms with E-state index in [-0.39, 0.29) is 5.82 Å². The molecule has 19 heavy (non-hydrogen) atoms. The van der Waals surface area contributed by atoms with Crippen LogP contribution in [0.15, 0.2) is 36.4 Å². The van der Waals surface area contributed by atoms with Crippen LogP contribution in [-0.4, -0.2) is 14.2 Å². The molecule has 0 unspecified atom stereocenters. The largest absolute Gasteiger partial charge is 0.497 e. The zero-order valence-electron chi connectivity index (χ0n) is 10.8. The van der Waals surface area contributed by atoms with Crippen molar-refractivity contribution < 1.29 is 13.5 Å². The Hall–Kier alpha value is -1.94. The highest BCUT2D eigenvalue weighted by Crippen LogP contribution is 2.27. The van der Waals surface area contributed by atoms with Crippen LogP contribution in [0, 0.1) is 11.6 Å². The highest BCUT2D eigenvalue weighted by Gasteiger charge is 2.09. The van der Waals surface area contributed by atoms with Crippen molar-refractivity contribution in [3.05, 3.63) is 53.6 Å². The van der Waals surface area contributed by atoms with Gasteiger partial charge in [0, 0.05) is 23.7 Å². The van der Waals surface area contributed by atoms with Crippen LogP contribution in [0.4, 0.5) is 8.78 Å². The molecule has 0 saturated heterocycles. The van der Waals surface area contributed by atoms with Crippen molar-refractivity contribution in [3.8, 4) is 16.9 Å². The molecule has 0 amide bonds. The van der Waals surface area contributed by atoms with Gasteiger partial charge in [-0.2, -0.15) is 0 Å². The van der Waals surface area contributed by atoms with Crippen molar-refractivity contribution in [2.24, 2.45) is 0 Å². The van der Waals surface area contributed by atoms with Crippen LogP contribution >= 0.6 is 0 Å². The number of halogens is 2. The first-order chi connectivity index (χ1) is 9.15. The lowest BCUT2D eigenvalue weighted by Crippen LogP contribution is -2.06. The fraction of sp³-hybridized carbons (Fsp3) is 0.200. The van der Waals surface area contributed by atoms with Gasteiger partial charge in [-0.15, -0.1) is 0 Å². The molecule has 0 spiro atoms. The first-order valence-corrected chi connectivity index (χ1v) is 5.92. The molecule has 0 heterocycles. The van der Waals surface area contributed by atoms with Crippen molar-refractivity contribution >= 4 is 0 Å². The number of ether oxygens (including phenoxy) is 1. The molecule has 2 rings (SSSR count). The maximum absolute atomic E-state index is 13.9. The van der Waals surface area contributed by atoms with Crippen LogP contribution in [0.1, 0.15) is 5.56 Å². The van der Waals surface area contributed by atoms with Gasteiger partial charge in [-0.25, -0.2) is 8.78 Å². The van der Waals surface area contributed by atoms with Gasteiger partial charge in [-0.05, 0) is 30.8 Å². The first-order valence-electron chi connectivity index (χ1n) is 5.92. The van der Waals surface area contributed by atoms with Crippen LogP contribution in [-0.2, 0) is 6.54 Å². The maximum Gasteiger partial charge on any atom is 0.134 e. The second-order valence-corrected chi connectivity index (χ2v) is 4.18. The molecular weight excluding hydrogens is 248 g/mol. The van der Waals surface area contributed by atoms with E-state index in [4.69, 9.17) is 4.74 Å². The average Bonchev–Trinajstić information content (AvgIpc) is 2.41. The lowest BCUT2D eigenvalue weighted by molar-refractivity contribution is 0.411. The third kappa shape index (κ3) is 2.90. The summed E-state index contributed by atoms with van der Waals surface area (Å²) in [7, 11) is 3.22. The van der Waals surface area contributed by atoms with E-state index < -0.39 is 5.82 Å². The topological polar surface area (TPSA) is 21.3 Å². The van der Waals surface area contributed by atoms with Gasteiger partial charge < -0.3 is 10.1 Å². The van der Waals surface area contributed by atoms with Gasteiger partial charge in [0.05, 0.1) is 7.11 Å².